The number of hydrogen-bond acceptors (Lipinski definition) is 3. The van der Waals surface area contributed by atoms with E-state index in [1.54, 1.807) is 6.08 Å². The van der Waals surface area contributed by atoms with Gasteiger partial charge in [-0.15, -0.1) is 0 Å². The number of allylic oxidation sites excluding steroid dienone is 5. The molecule has 1 aliphatic rings. The second-order valence-electron chi connectivity index (χ2n) is 4.17. The van der Waals surface area contributed by atoms with Crippen molar-refractivity contribution in [3.05, 3.63) is 36.5 Å². The van der Waals surface area contributed by atoms with E-state index in [0.717, 1.165) is 12.8 Å². The highest BCUT2D eigenvalue weighted by Crippen LogP contribution is 2.15. The molecular formula is C14H22O3. The lowest BCUT2D eigenvalue weighted by molar-refractivity contribution is -0.116. The van der Waals surface area contributed by atoms with Gasteiger partial charge in [-0.2, -0.15) is 0 Å². The minimum atomic E-state index is -0.816. The molecule has 3 atom stereocenters. The Morgan fingerprint density at radius 2 is 1.94 bits per heavy atom. The van der Waals surface area contributed by atoms with E-state index >= 15 is 0 Å². The predicted octanol–water partition coefficient (Wildman–Crippen LogP) is 1.97. The first-order chi connectivity index (χ1) is 8.25. The van der Waals surface area contributed by atoms with Gasteiger partial charge in [0.15, 0.2) is 0 Å². The predicted molar refractivity (Wildman–Crippen MR) is 68.7 cm³/mol. The van der Waals surface area contributed by atoms with Crippen LogP contribution in [0.3, 0.4) is 0 Å². The van der Waals surface area contributed by atoms with Crippen LogP contribution in [0, 0.1) is 0 Å². The summed E-state index contributed by atoms with van der Waals surface area (Å²) < 4.78 is 5.36. The van der Waals surface area contributed by atoms with E-state index in [1.807, 2.05) is 24.3 Å². The van der Waals surface area contributed by atoms with Gasteiger partial charge in [-0.05, 0) is 12.8 Å². The summed E-state index contributed by atoms with van der Waals surface area (Å²) in [6.07, 6.45) is 12.4. The van der Waals surface area contributed by atoms with Crippen molar-refractivity contribution in [2.24, 2.45) is 0 Å². The third-order valence-electron chi connectivity index (χ3n) is 2.68. The largest absolute Gasteiger partial charge is 0.390 e. The summed E-state index contributed by atoms with van der Waals surface area (Å²) in [7, 11) is 0. The van der Waals surface area contributed by atoms with Crippen LogP contribution >= 0.6 is 0 Å². The van der Waals surface area contributed by atoms with E-state index in [-0.39, 0.29) is 0 Å². The summed E-state index contributed by atoms with van der Waals surface area (Å²) in [5, 5.41) is 19.1. The summed E-state index contributed by atoms with van der Waals surface area (Å²) in [6, 6.07) is 0. The molecule has 0 amide bonds. The molecule has 1 aliphatic heterocycles. The van der Waals surface area contributed by atoms with Crippen molar-refractivity contribution in [1.82, 2.24) is 0 Å². The topological polar surface area (TPSA) is 49.7 Å². The number of aliphatic hydroxyl groups is 2. The third kappa shape index (κ3) is 5.31. The van der Waals surface area contributed by atoms with Gasteiger partial charge in [-0.25, -0.2) is 0 Å². The molecule has 0 aromatic rings. The molecule has 0 aromatic carbocycles. The molecule has 0 radical (unpaired) electrons. The van der Waals surface area contributed by atoms with Crippen molar-refractivity contribution in [3.63, 3.8) is 0 Å². The molecule has 3 unspecified atom stereocenters. The molecule has 0 aliphatic carbocycles. The standard InChI is InChI=1S/C14H22O3/c1-2-3-4-5-6-7-8-9-13-14(16)12(15)10-11-17-13/h4-9,12-16H,2-3,10-11H2,1H3/b5-4+,7-6+,9-8+. The molecule has 0 spiro atoms. The molecule has 96 valence electrons. The van der Waals surface area contributed by atoms with Gasteiger partial charge >= 0.3 is 0 Å². The zero-order chi connectivity index (χ0) is 12.5. The summed E-state index contributed by atoms with van der Waals surface area (Å²) in [5.41, 5.74) is 0. The van der Waals surface area contributed by atoms with E-state index < -0.39 is 18.3 Å². The fourth-order valence-electron chi connectivity index (χ4n) is 1.63. The minimum Gasteiger partial charge on any atom is -0.390 e. The van der Waals surface area contributed by atoms with Crippen LogP contribution in [0.2, 0.25) is 0 Å². The second kappa shape index (κ2) is 8.23. The quantitative estimate of drug-likeness (QED) is 0.720. The summed E-state index contributed by atoms with van der Waals surface area (Å²) in [6.45, 7) is 2.63. The molecule has 1 fully saturated rings. The SMILES string of the molecule is CCC/C=C/C=C/C=C/C1OCCC(O)C1O. The van der Waals surface area contributed by atoms with E-state index in [1.165, 1.54) is 0 Å². The Hall–Kier alpha value is -0.900. The van der Waals surface area contributed by atoms with Crippen molar-refractivity contribution < 1.29 is 14.9 Å². The number of unbranched alkanes of at least 4 members (excludes halogenated alkanes) is 1. The highest BCUT2D eigenvalue weighted by atomic mass is 16.5. The number of hydrogen-bond donors (Lipinski definition) is 2. The summed E-state index contributed by atoms with van der Waals surface area (Å²) in [4.78, 5) is 0. The van der Waals surface area contributed by atoms with Gasteiger partial charge in [0, 0.05) is 0 Å². The Balaban J connectivity index is 2.32. The van der Waals surface area contributed by atoms with Crippen LogP contribution < -0.4 is 0 Å². The maximum atomic E-state index is 9.65. The first-order valence-corrected chi connectivity index (χ1v) is 6.23. The maximum Gasteiger partial charge on any atom is 0.110 e. The van der Waals surface area contributed by atoms with Crippen molar-refractivity contribution in [2.75, 3.05) is 6.61 Å². The number of aliphatic hydroxyl groups excluding tert-OH is 2. The Morgan fingerprint density at radius 3 is 2.71 bits per heavy atom. The second-order valence-corrected chi connectivity index (χ2v) is 4.17. The molecule has 1 heterocycles. The zero-order valence-electron chi connectivity index (χ0n) is 10.3. The van der Waals surface area contributed by atoms with E-state index in [0.29, 0.717) is 13.0 Å². The highest BCUT2D eigenvalue weighted by Gasteiger charge is 2.29. The van der Waals surface area contributed by atoms with E-state index in [2.05, 4.69) is 13.0 Å². The summed E-state index contributed by atoms with van der Waals surface area (Å²) >= 11 is 0. The molecule has 3 nitrogen and oxygen atoms in total. The molecule has 3 heteroatoms. The molecule has 2 N–H and O–H groups in total. The Labute approximate surface area is 103 Å². The van der Waals surface area contributed by atoms with Crippen LogP contribution in [0.1, 0.15) is 26.2 Å². The fraction of sp³-hybridized carbons (Fsp3) is 0.571. The van der Waals surface area contributed by atoms with E-state index in [9.17, 15) is 10.2 Å². The molecular weight excluding hydrogens is 216 g/mol. The van der Waals surface area contributed by atoms with Gasteiger partial charge in [-0.1, -0.05) is 49.8 Å². The van der Waals surface area contributed by atoms with Crippen LogP contribution in [0.15, 0.2) is 36.5 Å². The monoisotopic (exact) mass is 238 g/mol. The van der Waals surface area contributed by atoms with Crippen molar-refractivity contribution >= 4 is 0 Å². The van der Waals surface area contributed by atoms with Crippen LogP contribution in [-0.4, -0.2) is 35.1 Å². The lowest BCUT2D eigenvalue weighted by atomic mass is 10.0. The molecule has 0 aromatic heterocycles. The van der Waals surface area contributed by atoms with Crippen LogP contribution in [0.5, 0.6) is 0 Å². The van der Waals surface area contributed by atoms with Crippen molar-refractivity contribution in [1.29, 1.82) is 0 Å². The van der Waals surface area contributed by atoms with Crippen LogP contribution in [-0.2, 0) is 4.74 Å². The lowest BCUT2D eigenvalue weighted by Gasteiger charge is -2.29. The van der Waals surface area contributed by atoms with Gasteiger partial charge in [-0.3, -0.25) is 0 Å². The van der Waals surface area contributed by atoms with Gasteiger partial charge in [0.25, 0.3) is 0 Å². The zero-order valence-corrected chi connectivity index (χ0v) is 10.3. The molecule has 1 saturated heterocycles. The molecule has 1 rings (SSSR count). The Morgan fingerprint density at radius 1 is 1.18 bits per heavy atom. The Bertz CT molecular complexity index is 281. The van der Waals surface area contributed by atoms with Crippen LogP contribution in [0.25, 0.3) is 0 Å². The smallest absolute Gasteiger partial charge is 0.110 e. The van der Waals surface area contributed by atoms with E-state index in [4.69, 9.17) is 4.74 Å². The maximum absolute atomic E-state index is 9.65. The first-order valence-electron chi connectivity index (χ1n) is 6.23. The van der Waals surface area contributed by atoms with Gasteiger partial charge in [0.05, 0.1) is 12.7 Å². The van der Waals surface area contributed by atoms with Gasteiger partial charge < -0.3 is 14.9 Å². The average molecular weight is 238 g/mol. The van der Waals surface area contributed by atoms with Gasteiger partial charge in [0.2, 0.25) is 0 Å². The lowest BCUT2D eigenvalue weighted by Crippen LogP contribution is -2.43. The molecule has 0 saturated carbocycles. The van der Waals surface area contributed by atoms with Crippen molar-refractivity contribution in [2.45, 2.75) is 44.5 Å². The van der Waals surface area contributed by atoms with Crippen LogP contribution in [0.4, 0.5) is 0 Å². The fourth-order valence-corrected chi connectivity index (χ4v) is 1.63. The highest BCUT2D eigenvalue weighted by molar-refractivity contribution is 5.13. The van der Waals surface area contributed by atoms with Crippen molar-refractivity contribution in [3.8, 4) is 0 Å². The number of rotatable bonds is 5. The minimum absolute atomic E-state index is 0.400. The number of ether oxygens (including phenoxy) is 1. The molecule has 0 bridgehead atoms. The Kier molecular flexibility index (Phi) is 6.86. The average Bonchev–Trinajstić information content (AvgIpc) is 2.33. The first kappa shape index (κ1) is 14.2. The van der Waals surface area contributed by atoms with Gasteiger partial charge in [0.1, 0.15) is 12.2 Å². The normalized spacial score (nSPS) is 30.9. The third-order valence-corrected chi connectivity index (χ3v) is 2.68. The molecule has 17 heavy (non-hydrogen) atoms. The summed E-state index contributed by atoms with van der Waals surface area (Å²) in [5.74, 6) is 0.